The van der Waals surface area contributed by atoms with Crippen LogP contribution in [0.3, 0.4) is 0 Å². The lowest BCUT2D eigenvalue weighted by molar-refractivity contribution is 0.372. The summed E-state index contributed by atoms with van der Waals surface area (Å²) >= 11 is 0. The maximum Gasteiger partial charge on any atom is 0.224 e. The van der Waals surface area contributed by atoms with Gasteiger partial charge >= 0.3 is 0 Å². The second kappa shape index (κ2) is 3.83. The number of anilines is 1. The highest BCUT2D eigenvalue weighted by molar-refractivity contribution is 5.34. The second-order valence-corrected chi connectivity index (χ2v) is 3.90. The van der Waals surface area contributed by atoms with Crippen LogP contribution in [-0.2, 0) is 0 Å². The summed E-state index contributed by atoms with van der Waals surface area (Å²) in [6.45, 7) is 1.85. The van der Waals surface area contributed by atoms with Crippen LogP contribution < -0.4 is 11.1 Å². The van der Waals surface area contributed by atoms with Gasteiger partial charge in [-0.15, -0.1) is 0 Å². The monoisotopic (exact) mass is 203 g/mol. The molecule has 1 fully saturated rings. The lowest BCUT2D eigenvalue weighted by atomic mass is 9.88. The van der Waals surface area contributed by atoms with Gasteiger partial charge in [0.25, 0.3) is 0 Å². The Morgan fingerprint density at radius 1 is 1.53 bits per heavy atom. The molecule has 5 nitrogen and oxygen atoms in total. The fraction of sp³-hybridized carbons (Fsp3) is 0.500. The van der Waals surface area contributed by atoms with Crippen molar-refractivity contribution in [3.05, 3.63) is 17.5 Å². The molecule has 1 heterocycles. The topological polar surface area (TPSA) is 87.6 Å². The minimum Gasteiger partial charge on any atom is -0.351 e. The first-order chi connectivity index (χ1) is 7.17. The molecule has 1 aliphatic carbocycles. The normalized spacial score (nSPS) is 24.1. The smallest absolute Gasteiger partial charge is 0.224 e. The van der Waals surface area contributed by atoms with E-state index in [-0.39, 0.29) is 0 Å². The molecule has 1 aromatic heterocycles. The summed E-state index contributed by atoms with van der Waals surface area (Å²) in [6.07, 6.45) is 1.89. The Morgan fingerprint density at radius 3 is 2.87 bits per heavy atom. The van der Waals surface area contributed by atoms with Gasteiger partial charge in [0.1, 0.15) is 11.8 Å². The third-order valence-corrected chi connectivity index (χ3v) is 2.48. The van der Waals surface area contributed by atoms with E-state index in [1.165, 1.54) is 0 Å². The highest BCUT2D eigenvalue weighted by Gasteiger charge is 2.26. The lowest BCUT2D eigenvalue weighted by Crippen LogP contribution is -2.44. The van der Waals surface area contributed by atoms with E-state index in [2.05, 4.69) is 15.3 Å². The molecule has 78 valence electrons. The summed E-state index contributed by atoms with van der Waals surface area (Å²) in [5.41, 5.74) is 6.87. The van der Waals surface area contributed by atoms with Crippen molar-refractivity contribution in [3.8, 4) is 6.07 Å². The molecule has 5 heteroatoms. The maximum atomic E-state index is 8.75. The lowest BCUT2D eigenvalue weighted by Gasteiger charge is -2.32. The minimum atomic E-state index is 0.294. The van der Waals surface area contributed by atoms with Crippen LogP contribution in [0, 0.1) is 18.3 Å². The van der Waals surface area contributed by atoms with Crippen molar-refractivity contribution in [1.29, 1.82) is 5.26 Å². The van der Waals surface area contributed by atoms with E-state index in [9.17, 15) is 0 Å². The standard InChI is InChI=1S/C10H13N5/c1-6-2-9(5-11)15-10(13-6)14-8-3-7(12)4-8/h2,7-8H,3-4,12H2,1H3,(H,13,14,15). The highest BCUT2D eigenvalue weighted by atomic mass is 15.1. The van der Waals surface area contributed by atoms with Crippen molar-refractivity contribution >= 4 is 5.95 Å². The number of nitrogens with zero attached hydrogens (tertiary/aromatic N) is 3. The average Bonchev–Trinajstić information content (AvgIpc) is 2.14. The molecule has 15 heavy (non-hydrogen) atoms. The molecule has 0 aromatic carbocycles. The van der Waals surface area contributed by atoms with Crippen molar-refractivity contribution < 1.29 is 0 Å². The second-order valence-electron chi connectivity index (χ2n) is 3.90. The van der Waals surface area contributed by atoms with Crippen LogP contribution in [0.1, 0.15) is 24.2 Å². The molecule has 0 unspecified atom stereocenters. The zero-order chi connectivity index (χ0) is 10.8. The van der Waals surface area contributed by atoms with Crippen molar-refractivity contribution in [1.82, 2.24) is 9.97 Å². The summed E-state index contributed by atoms with van der Waals surface area (Å²) < 4.78 is 0. The molecule has 0 amide bonds. The van der Waals surface area contributed by atoms with Gasteiger partial charge < -0.3 is 11.1 Å². The van der Waals surface area contributed by atoms with Crippen LogP contribution in [0.5, 0.6) is 0 Å². The Labute approximate surface area is 88.3 Å². The van der Waals surface area contributed by atoms with Gasteiger partial charge in [-0.1, -0.05) is 0 Å². The van der Waals surface area contributed by atoms with Crippen LogP contribution in [0.4, 0.5) is 5.95 Å². The van der Waals surface area contributed by atoms with Crippen LogP contribution in [-0.4, -0.2) is 22.1 Å². The Balaban J connectivity index is 2.08. The van der Waals surface area contributed by atoms with Crippen LogP contribution in [0.25, 0.3) is 0 Å². The predicted molar refractivity (Wildman–Crippen MR) is 56.1 cm³/mol. The quantitative estimate of drug-likeness (QED) is 0.733. The number of aromatic nitrogens is 2. The molecule has 0 saturated heterocycles. The first-order valence-electron chi connectivity index (χ1n) is 4.95. The molecule has 1 aromatic rings. The van der Waals surface area contributed by atoms with Crippen molar-refractivity contribution in [2.75, 3.05) is 5.32 Å². The van der Waals surface area contributed by atoms with E-state index >= 15 is 0 Å². The Hall–Kier alpha value is -1.67. The first kappa shape index (κ1) is 9.87. The molecule has 2 rings (SSSR count). The number of nitrogens with two attached hydrogens (primary N) is 1. The Morgan fingerprint density at radius 2 is 2.27 bits per heavy atom. The van der Waals surface area contributed by atoms with Gasteiger partial charge in [-0.05, 0) is 25.8 Å². The van der Waals surface area contributed by atoms with E-state index in [1.807, 2.05) is 13.0 Å². The molecule has 0 bridgehead atoms. The number of nitrogens with one attached hydrogen (secondary N) is 1. The number of rotatable bonds is 2. The molecule has 0 atom stereocenters. The molecule has 3 N–H and O–H groups in total. The van der Waals surface area contributed by atoms with Crippen LogP contribution in [0.2, 0.25) is 0 Å². The number of nitriles is 1. The van der Waals surface area contributed by atoms with Gasteiger partial charge in [0.15, 0.2) is 0 Å². The maximum absolute atomic E-state index is 8.75. The van der Waals surface area contributed by atoms with E-state index in [4.69, 9.17) is 11.0 Å². The van der Waals surface area contributed by atoms with E-state index in [1.54, 1.807) is 6.07 Å². The van der Waals surface area contributed by atoms with E-state index in [0.717, 1.165) is 18.5 Å². The third-order valence-electron chi connectivity index (χ3n) is 2.48. The van der Waals surface area contributed by atoms with Gasteiger partial charge in [-0.3, -0.25) is 0 Å². The fourth-order valence-electron chi connectivity index (χ4n) is 1.65. The predicted octanol–water partition coefficient (Wildman–Crippen LogP) is 0.558. The molecular weight excluding hydrogens is 190 g/mol. The third kappa shape index (κ3) is 2.22. The highest BCUT2D eigenvalue weighted by Crippen LogP contribution is 2.20. The summed E-state index contributed by atoms with van der Waals surface area (Å²) in [5, 5.41) is 11.9. The van der Waals surface area contributed by atoms with Crippen molar-refractivity contribution in [2.24, 2.45) is 5.73 Å². The Bertz CT molecular complexity index is 403. The zero-order valence-electron chi connectivity index (χ0n) is 8.57. The van der Waals surface area contributed by atoms with E-state index in [0.29, 0.717) is 23.7 Å². The zero-order valence-corrected chi connectivity index (χ0v) is 8.57. The van der Waals surface area contributed by atoms with Gasteiger partial charge in [0.05, 0.1) is 0 Å². The fourth-order valence-corrected chi connectivity index (χ4v) is 1.65. The Kier molecular flexibility index (Phi) is 2.52. The largest absolute Gasteiger partial charge is 0.351 e. The van der Waals surface area contributed by atoms with Crippen LogP contribution in [0.15, 0.2) is 6.07 Å². The molecule has 1 aliphatic rings. The molecule has 1 saturated carbocycles. The van der Waals surface area contributed by atoms with Crippen LogP contribution >= 0.6 is 0 Å². The number of hydrogen-bond donors (Lipinski definition) is 2. The van der Waals surface area contributed by atoms with E-state index < -0.39 is 0 Å². The van der Waals surface area contributed by atoms with Gasteiger partial charge in [-0.25, -0.2) is 9.97 Å². The average molecular weight is 203 g/mol. The number of aryl methyl sites for hydroxylation is 1. The van der Waals surface area contributed by atoms with Crippen molar-refractivity contribution in [2.45, 2.75) is 31.8 Å². The summed E-state index contributed by atoms with van der Waals surface area (Å²) in [7, 11) is 0. The van der Waals surface area contributed by atoms with Gasteiger partial charge in [0, 0.05) is 17.8 Å². The molecule has 0 radical (unpaired) electrons. The summed E-state index contributed by atoms with van der Waals surface area (Å²) in [4.78, 5) is 8.29. The van der Waals surface area contributed by atoms with Gasteiger partial charge in [-0.2, -0.15) is 5.26 Å². The molecule has 0 aliphatic heterocycles. The van der Waals surface area contributed by atoms with Gasteiger partial charge in [0.2, 0.25) is 5.95 Å². The molecule has 0 spiro atoms. The molecular formula is C10H13N5. The first-order valence-corrected chi connectivity index (χ1v) is 4.95. The summed E-state index contributed by atoms with van der Waals surface area (Å²) in [6, 6.07) is 4.32. The number of hydrogen-bond acceptors (Lipinski definition) is 5. The SMILES string of the molecule is Cc1cc(C#N)nc(NC2CC(N)C2)n1. The van der Waals surface area contributed by atoms with Crippen molar-refractivity contribution in [3.63, 3.8) is 0 Å². The summed E-state index contributed by atoms with van der Waals surface area (Å²) in [5.74, 6) is 0.531. The minimum absolute atomic E-state index is 0.294.